The quantitative estimate of drug-likeness (QED) is 0.855. The SMILES string of the molecule is CC(F)COc1ccc(Cl)cc1CCC(=O)O. The van der Waals surface area contributed by atoms with E-state index in [-0.39, 0.29) is 13.0 Å². The lowest BCUT2D eigenvalue weighted by Gasteiger charge is -2.11. The number of rotatable bonds is 6. The van der Waals surface area contributed by atoms with Crippen molar-refractivity contribution in [2.45, 2.75) is 25.9 Å². The number of hydrogen-bond acceptors (Lipinski definition) is 2. The fraction of sp³-hybridized carbons (Fsp3) is 0.417. The minimum Gasteiger partial charge on any atom is -0.490 e. The zero-order valence-electron chi connectivity index (χ0n) is 9.45. The van der Waals surface area contributed by atoms with Crippen LogP contribution in [-0.4, -0.2) is 23.9 Å². The summed E-state index contributed by atoms with van der Waals surface area (Å²) < 4.78 is 17.9. The first-order valence-electron chi connectivity index (χ1n) is 5.26. The molecule has 0 bridgehead atoms. The molecule has 0 spiro atoms. The van der Waals surface area contributed by atoms with Gasteiger partial charge in [0.25, 0.3) is 0 Å². The van der Waals surface area contributed by atoms with E-state index in [1.807, 2.05) is 0 Å². The zero-order valence-corrected chi connectivity index (χ0v) is 10.2. The number of benzene rings is 1. The van der Waals surface area contributed by atoms with Crippen molar-refractivity contribution in [3.05, 3.63) is 28.8 Å². The number of carbonyl (C=O) groups is 1. The first-order valence-corrected chi connectivity index (χ1v) is 5.64. The molecule has 94 valence electrons. The maximum absolute atomic E-state index is 12.7. The van der Waals surface area contributed by atoms with Crippen LogP contribution in [0.15, 0.2) is 18.2 Å². The Morgan fingerprint density at radius 1 is 1.59 bits per heavy atom. The van der Waals surface area contributed by atoms with E-state index < -0.39 is 12.1 Å². The molecule has 1 aromatic carbocycles. The standard InChI is InChI=1S/C12H14ClFO3/c1-8(14)7-17-11-4-3-10(13)6-9(11)2-5-12(15)16/h3-4,6,8H,2,5,7H2,1H3,(H,15,16). The molecule has 0 saturated carbocycles. The van der Waals surface area contributed by atoms with Crippen LogP contribution in [0.3, 0.4) is 0 Å². The molecule has 5 heteroatoms. The first kappa shape index (κ1) is 13.8. The molecule has 1 aromatic rings. The van der Waals surface area contributed by atoms with Gasteiger partial charge in [-0.2, -0.15) is 0 Å². The zero-order chi connectivity index (χ0) is 12.8. The Hall–Kier alpha value is -1.29. The van der Waals surface area contributed by atoms with E-state index >= 15 is 0 Å². The maximum Gasteiger partial charge on any atom is 0.303 e. The average Bonchev–Trinajstić information content (AvgIpc) is 2.24. The summed E-state index contributed by atoms with van der Waals surface area (Å²) in [6, 6.07) is 4.90. The Morgan fingerprint density at radius 2 is 2.29 bits per heavy atom. The second kappa shape index (κ2) is 6.45. The summed E-state index contributed by atoms with van der Waals surface area (Å²) in [6.07, 6.45) is -0.772. The highest BCUT2D eigenvalue weighted by Crippen LogP contribution is 2.24. The van der Waals surface area contributed by atoms with Crippen molar-refractivity contribution in [2.24, 2.45) is 0 Å². The van der Waals surface area contributed by atoms with Crippen LogP contribution in [0.25, 0.3) is 0 Å². The van der Waals surface area contributed by atoms with Gasteiger partial charge in [-0.1, -0.05) is 11.6 Å². The van der Waals surface area contributed by atoms with Gasteiger partial charge in [-0.15, -0.1) is 0 Å². The number of aliphatic carboxylic acids is 1. The number of hydrogen-bond donors (Lipinski definition) is 1. The van der Waals surface area contributed by atoms with Crippen LogP contribution >= 0.6 is 11.6 Å². The van der Waals surface area contributed by atoms with Gasteiger partial charge in [-0.3, -0.25) is 4.79 Å². The molecular formula is C12H14ClFO3. The summed E-state index contributed by atoms with van der Waals surface area (Å²) in [6.45, 7) is 1.34. The Labute approximate surface area is 104 Å². The van der Waals surface area contributed by atoms with Crippen LogP contribution in [0.5, 0.6) is 5.75 Å². The van der Waals surface area contributed by atoms with Crippen molar-refractivity contribution in [1.82, 2.24) is 0 Å². The normalized spacial score (nSPS) is 12.2. The minimum absolute atomic E-state index is 0.0120. The first-order chi connectivity index (χ1) is 7.99. The van der Waals surface area contributed by atoms with Gasteiger partial charge in [0, 0.05) is 11.4 Å². The smallest absolute Gasteiger partial charge is 0.303 e. The highest BCUT2D eigenvalue weighted by molar-refractivity contribution is 6.30. The second-order valence-electron chi connectivity index (χ2n) is 3.74. The highest BCUT2D eigenvalue weighted by atomic mass is 35.5. The van der Waals surface area contributed by atoms with Crippen LogP contribution in [0.2, 0.25) is 5.02 Å². The topological polar surface area (TPSA) is 46.5 Å². The number of carboxylic acids is 1. The van der Waals surface area contributed by atoms with Crippen molar-refractivity contribution in [3.63, 3.8) is 0 Å². The van der Waals surface area contributed by atoms with Crippen LogP contribution in [0, 0.1) is 0 Å². The molecule has 0 saturated heterocycles. The summed E-state index contributed by atoms with van der Waals surface area (Å²) in [5.41, 5.74) is 0.681. The molecule has 0 aliphatic rings. The van der Waals surface area contributed by atoms with Crippen molar-refractivity contribution >= 4 is 17.6 Å². The lowest BCUT2D eigenvalue weighted by molar-refractivity contribution is -0.136. The van der Waals surface area contributed by atoms with Crippen molar-refractivity contribution in [1.29, 1.82) is 0 Å². The van der Waals surface area contributed by atoms with E-state index in [1.165, 1.54) is 6.92 Å². The largest absolute Gasteiger partial charge is 0.490 e. The van der Waals surface area contributed by atoms with Crippen molar-refractivity contribution in [3.8, 4) is 5.75 Å². The lowest BCUT2D eigenvalue weighted by Crippen LogP contribution is -2.10. The molecule has 1 rings (SSSR count). The third kappa shape index (κ3) is 5.04. The molecule has 0 radical (unpaired) electrons. The third-order valence-corrected chi connectivity index (χ3v) is 2.33. The number of ether oxygens (including phenoxy) is 1. The van der Waals surface area contributed by atoms with E-state index in [1.54, 1.807) is 18.2 Å². The maximum atomic E-state index is 12.7. The Bertz CT molecular complexity index is 393. The van der Waals surface area contributed by atoms with Gasteiger partial charge < -0.3 is 9.84 Å². The summed E-state index contributed by atoms with van der Waals surface area (Å²) in [4.78, 5) is 10.5. The minimum atomic E-state index is -1.07. The highest BCUT2D eigenvalue weighted by Gasteiger charge is 2.08. The van der Waals surface area contributed by atoms with Gasteiger partial charge in [-0.25, -0.2) is 4.39 Å². The van der Waals surface area contributed by atoms with Gasteiger partial charge in [-0.05, 0) is 37.1 Å². The Morgan fingerprint density at radius 3 is 2.88 bits per heavy atom. The van der Waals surface area contributed by atoms with Gasteiger partial charge in [0.1, 0.15) is 18.5 Å². The number of alkyl halides is 1. The van der Waals surface area contributed by atoms with Gasteiger partial charge in [0.05, 0.1) is 0 Å². The fourth-order valence-electron chi connectivity index (χ4n) is 1.33. The molecule has 17 heavy (non-hydrogen) atoms. The monoisotopic (exact) mass is 260 g/mol. The molecule has 1 atom stereocenters. The average molecular weight is 261 g/mol. The van der Waals surface area contributed by atoms with E-state index in [0.717, 1.165) is 0 Å². The van der Waals surface area contributed by atoms with E-state index in [4.69, 9.17) is 21.4 Å². The molecule has 0 aliphatic carbocycles. The predicted octanol–water partition coefficient (Wildman–Crippen LogP) is 3.09. The van der Waals surface area contributed by atoms with Crippen molar-refractivity contribution in [2.75, 3.05) is 6.61 Å². The third-order valence-electron chi connectivity index (χ3n) is 2.10. The van der Waals surface area contributed by atoms with Gasteiger partial charge in [0.15, 0.2) is 0 Å². The lowest BCUT2D eigenvalue weighted by atomic mass is 10.1. The number of carboxylic acid groups (broad SMARTS) is 1. The molecule has 0 fully saturated rings. The molecule has 1 unspecified atom stereocenters. The number of halogens is 2. The summed E-state index contributed by atoms with van der Waals surface area (Å²) in [5.74, 6) is -0.407. The molecule has 1 N–H and O–H groups in total. The summed E-state index contributed by atoms with van der Waals surface area (Å²) in [7, 11) is 0. The van der Waals surface area contributed by atoms with Gasteiger partial charge >= 0.3 is 5.97 Å². The molecule has 0 heterocycles. The van der Waals surface area contributed by atoms with E-state index in [9.17, 15) is 9.18 Å². The summed E-state index contributed by atoms with van der Waals surface area (Å²) >= 11 is 5.82. The Kier molecular flexibility index (Phi) is 5.22. The Balaban J connectivity index is 2.76. The molecular weight excluding hydrogens is 247 g/mol. The summed E-state index contributed by atoms with van der Waals surface area (Å²) in [5, 5.41) is 9.12. The second-order valence-corrected chi connectivity index (χ2v) is 4.17. The molecule has 0 aromatic heterocycles. The molecule has 3 nitrogen and oxygen atoms in total. The van der Waals surface area contributed by atoms with Crippen LogP contribution < -0.4 is 4.74 Å². The van der Waals surface area contributed by atoms with E-state index in [2.05, 4.69) is 0 Å². The van der Waals surface area contributed by atoms with Crippen LogP contribution in [-0.2, 0) is 11.2 Å². The van der Waals surface area contributed by atoms with Crippen molar-refractivity contribution < 1.29 is 19.0 Å². The molecule has 0 amide bonds. The van der Waals surface area contributed by atoms with E-state index in [0.29, 0.717) is 22.8 Å². The van der Waals surface area contributed by atoms with Gasteiger partial charge in [0.2, 0.25) is 0 Å². The van der Waals surface area contributed by atoms with Crippen LogP contribution in [0.1, 0.15) is 18.9 Å². The molecule has 0 aliphatic heterocycles. The number of aryl methyl sites for hydroxylation is 1. The fourth-order valence-corrected chi connectivity index (χ4v) is 1.53. The predicted molar refractivity (Wildman–Crippen MR) is 63.5 cm³/mol. The van der Waals surface area contributed by atoms with Crippen LogP contribution in [0.4, 0.5) is 4.39 Å².